The van der Waals surface area contributed by atoms with E-state index in [1.165, 1.54) is 21.0 Å². The van der Waals surface area contributed by atoms with Crippen molar-refractivity contribution in [3.8, 4) is 0 Å². The summed E-state index contributed by atoms with van der Waals surface area (Å²) in [7, 11) is 1.36. The molecule has 212 valence electrons. The largest absolute Gasteiger partial charge is 0.465 e. The number of esters is 3. The van der Waals surface area contributed by atoms with Gasteiger partial charge in [-0.1, -0.05) is 64.1 Å². The van der Waals surface area contributed by atoms with E-state index in [-0.39, 0.29) is 5.97 Å². The van der Waals surface area contributed by atoms with E-state index in [1.54, 1.807) is 12.1 Å². The van der Waals surface area contributed by atoms with Crippen molar-refractivity contribution in [3.05, 3.63) is 69.8 Å². The maximum Gasteiger partial charge on any atom is 0.337 e. The summed E-state index contributed by atoms with van der Waals surface area (Å²) in [6.45, 7) is 12.3. The Balaban J connectivity index is 1.84. The molecule has 8 nitrogen and oxygen atoms in total. The normalized spacial score (nSPS) is 20.7. The summed E-state index contributed by atoms with van der Waals surface area (Å²) in [5.74, 6) is -1.22. The number of carbonyl (C=O) groups excluding carboxylic acids is 3. The van der Waals surface area contributed by atoms with Gasteiger partial charge in [0.2, 0.25) is 0 Å². The van der Waals surface area contributed by atoms with Crippen molar-refractivity contribution < 1.29 is 28.6 Å². The van der Waals surface area contributed by atoms with Gasteiger partial charge in [0.05, 0.1) is 19.2 Å². The quantitative estimate of drug-likeness (QED) is 0.265. The number of rotatable bonds is 7. The van der Waals surface area contributed by atoms with Crippen molar-refractivity contribution in [1.82, 2.24) is 5.01 Å². The Hall–Kier alpha value is -3.94. The minimum atomic E-state index is -0.673. The van der Waals surface area contributed by atoms with Crippen molar-refractivity contribution in [2.75, 3.05) is 13.7 Å². The fourth-order valence-electron chi connectivity index (χ4n) is 5.65. The number of carbonyl (C=O) groups is 3. The van der Waals surface area contributed by atoms with Crippen LogP contribution in [0.4, 0.5) is 0 Å². The van der Waals surface area contributed by atoms with Gasteiger partial charge >= 0.3 is 17.9 Å². The van der Waals surface area contributed by atoms with Crippen molar-refractivity contribution in [1.29, 1.82) is 0 Å². The minimum absolute atomic E-state index is 0.377. The summed E-state index contributed by atoms with van der Waals surface area (Å²) in [6, 6.07) is 11.6. The summed E-state index contributed by atoms with van der Waals surface area (Å²) in [4.78, 5) is 36.2. The predicted molar refractivity (Wildman–Crippen MR) is 154 cm³/mol. The fourth-order valence-corrected chi connectivity index (χ4v) is 5.65. The molecule has 2 aliphatic rings. The molecule has 0 fully saturated rings. The topological polar surface area (TPSA) is 94.5 Å². The third-order valence-electron chi connectivity index (χ3n) is 7.85. The van der Waals surface area contributed by atoms with Crippen LogP contribution in [0.5, 0.6) is 0 Å². The number of hydrazone groups is 1. The highest BCUT2D eigenvalue weighted by atomic mass is 16.6. The standard InChI is InChI=1S/C32H38N2O6/c1-20(35)39-28-29(40-21(2)36)32(5,6)27-18-25(19-34-16-8-15-33-34)24(17-26(27)31(28,3)4)14-11-22-9-12-23(13-10-22)30(37)38-7/h9-15,17-18,28-29H,8,16,19H2,1-7H3/b14-11+/t28-,29+/m0/s1. The number of benzene rings is 2. The maximum atomic E-state index is 12.2. The lowest BCUT2D eigenvalue weighted by molar-refractivity contribution is -0.179. The summed E-state index contributed by atoms with van der Waals surface area (Å²) >= 11 is 0. The summed E-state index contributed by atoms with van der Waals surface area (Å²) in [6.07, 6.45) is 5.55. The molecule has 4 rings (SSSR count). The lowest BCUT2D eigenvalue weighted by Crippen LogP contribution is -2.59. The second kappa shape index (κ2) is 11.3. The average Bonchev–Trinajstić information content (AvgIpc) is 3.41. The van der Waals surface area contributed by atoms with E-state index in [0.29, 0.717) is 12.1 Å². The first-order valence-electron chi connectivity index (χ1n) is 13.5. The molecule has 2 aromatic carbocycles. The third kappa shape index (κ3) is 5.81. The molecule has 0 aromatic heterocycles. The van der Waals surface area contributed by atoms with Crippen molar-refractivity contribution >= 4 is 36.3 Å². The van der Waals surface area contributed by atoms with Crippen LogP contribution in [0.15, 0.2) is 41.5 Å². The molecule has 0 radical (unpaired) electrons. The monoisotopic (exact) mass is 546 g/mol. The Morgan fingerprint density at radius 2 is 1.50 bits per heavy atom. The number of hydrogen-bond acceptors (Lipinski definition) is 8. The second-order valence-corrected chi connectivity index (χ2v) is 11.5. The highest BCUT2D eigenvalue weighted by molar-refractivity contribution is 5.89. The lowest BCUT2D eigenvalue weighted by atomic mass is 9.59. The molecule has 0 spiro atoms. The first-order valence-corrected chi connectivity index (χ1v) is 13.5. The Kier molecular flexibility index (Phi) is 8.19. The van der Waals surface area contributed by atoms with Gasteiger partial charge in [-0.15, -0.1) is 0 Å². The van der Waals surface area contributed by atoms with Crippen LogP contribution in [0.25, 0.3) is 12.2 Å². The molecule has 40 heavy (non-hydrogen) atoms. The molecule has 2 aromatic rings. The van der Waals surface area contributed by atoms with Gasteiger partial charge in [-0.3, -0.25) is 14.6 Å². The molecule has 0 saturated heterocycles. The Bertz CT molecular complexity index is 1360. The first-order chi connectivity index (χ1) is 18.8. The highest BCUT2D eigenvalue weighted by Gasteiger charge is 2.55. The van der Waals surface area contributed by atoms with Crippen LogP contribution >= 0.6 is 0 Å². The zero-order valence-electron chi connectivity index (χ0n) is 24.3. The van der Waals surface area contributed by atoms with Crippen molar-refractivity contribution in [3.63, 3.8) is 0 Å². The molecular formula is C32H38N2O6. The molecule has 1 aliphatic carbocycles. The van der Waals surface area contributed by atoms with Gasteiger partial charge in [0.1, 0.15) is 12.2 Å². The first kappa shape index (κ1) is 29.1. The van der Waals surface area contributed by atoms with Crippen LogP contribution in [0.2, 0.25) is 0 Å². The minimum Gasteiger partial charge on any atom is -0.465 e. The predicted octanol–water partition coefficient (Wildman–Crippen LogP) is 5.27. The van der Waals surface area contributed by atoms with Gasteiger partial charge in [0, 0.05) is 43.9 Å². The van der Waals surface area contributed by atoms with E-state index >= 15 is 0 Å². The molecule has 0 unspecified atom stereocenters. The van der Waals surface area contributed by atoms with Crippen molar-refractivity contribution in [2.24, 2.45) is 5.10 Å². The highest BCUT2D eigenvalue weighted by Crippen LogP contribution is 2.49. The second-order valence-electron chi connectivity index (χ2n) is 11.5. The van der Waals surface area contributed by atoms with Crippen LogP contribution in [0, 0.1) is 0 Å². The zero-order valence-corrected chi connectivity index (χ0v) is 24.3. The Labute approximate surface area is 236 Å². The van der Waals surface area contributed by atoms with Crippen LogP contribution in [0.3, 0.4) is 0 Å². The van der Waals surface area contributed by atoms with E-state index in [1.807, 2.05) is 57.1 Å². The van der Waals surface area contributed by atoms with Gasteiger partial charge < -0.3 is 14.2 Å². The molecular weight excluding hydrogens is 508 g/mol. The van der Waals surface area contributed by atoms with E-state index in [0.717, 1.165) is 40.8 Å². The Morgan fingerprint density at radius 3 is 2.00 bits per heavy atom. The van der Waals surface area contributed by atoms with Gasteiger partial charge in [0.25, 0.3) is 0 Å². The van der Waals surface area contributed by atoms with E-state index in [2.05, 4.69) is 23.3 Å². The summed E-state index contributed by atoms with van der Waals surface area (Å²) in [5.41, 5.74) is 4.31. The molecule has 0 N–H and O–H groups in total. The van der Waals surface area contributed by atoms with Crippen molar-refractivity contribution in [2.45, 2.75) is 77.5 Å². The Morgan fingerprint density at radius 1 is 0.925 bits per heavy atom. The fraction of sp³-hybridized carbons (Fsp3) is 0.438. The number of hydrogen-bond donors (Lipinski definition) is 0. The average molecular weight is 547 g/mol. The van der Waals surface area contributed by atoms with Gasteiger partial charge in [-0.05, 0) is 39.9 Å². The van der Waals surface area contributed by atoms with Crippen LogP contribution < -0.4 is 0 Å². The van der Waals surface area contributed by atoms with Crippen LogP contribution in [0.1, 0.15) is 86.1 Å². The van der Waals surface area contributed by atoms with E-state index in [9.17, 15) is 14.4 Å². The lowest BCUT2D eigenvalue weighted by Gasteiger charge is -2.51. The molecule has 0 saturated carbocycles. The van der Waals surface area contributed by atoms with Gasteiger partial charge in [0.15, 0.2) is 0 Å². The smallest absolute Gasteiger partial charge is 0.337 e. The molecule has 2 atom stereocenters. The number of nitrogens with zero attached hydrogens (tertiary/aromatic N) is 2. The third-order valence-corrected chi connectivity index (χ3v) is 7.85. The van der Waals surface area contributed by atoms with Gasteiger partial charge in [-0.25, -0.2) is 4.79 Å². The molecule has 8 heteroatoms. The van der Waals surface area contributed by atoms with E-state index < -0.39 is 35.0 Å². The molecule has 1 heterocycles. The summed E-state index contributed by atoms with van der Waals surface area (Å²) in [5, 5.41) is 6.55. The molecule has 1 aliphatic heterocycles. The number of ether oxygens (including phenoxy) is 3. The van der Waals surface area contributed by atoms with Crippen LogP contribution in [-0.4, -0.2) is 55.0 Å². The SMILES string of the molecule is COC(=O)c1ccc(/C=C/c2cc3c(cc2CN2CCC=N2)C(C)(C)[C@H](OC(C)=O)[C@H](OC(C)=O)C3(C)C)cc1. The summed E-state index contributed by atoms with van der Waals surface area (Å²) < 4.78 is 16.5. The van der Waals surface area contributed by atoms with Gasteiger partial charge in [-0.2, -0.15) is 5.10 Å². The van der Waals surface area contributed by atoms with E-state index in [4.69, 9.17) is 14.2 Å². The number of methoxy groups -OCH3 is 1. The number of fused-ring (bicyclic) bond motifs is 1. The maximum absolute atomic E-state index is 12.2. The molecule has 0 bridgehead atoms. The zero-order chi connectivity index (χ0) is 29.2. The molecule has 0 amide bonds. The van der Waals surface area contributed by atoms with Crippen LogP contribution in [-0.2, 0) is 41.2 Å².